The predicted octanol–water partition coefficient (Wildman–Crippen LogP) is 3.40. The standard InChI is InChI=1S/C18H15N3O3S/c1-2-21-16(22)15(9-12-5-4-8-19-11-12)25-18(21)20-14-7-3-6-13(10-14)17(23)24/h3-11H,2H2,1H3,(H,23,24)/b15-9+,20-18?. The first-order chi connectivity index (χ1) is 12.1. The van der Waals surface area contributed by atoms with Crippen molar-refractivity contribution in [2.24, 2.45) is 4.99 Å². The van der Waals surface area contributed by atoms with Gasteiger partial charge in [0.2, 0.25) is 0 Å². The van der Waals surface area contributed by atoms with Gasteiger partial charge in [-0.1, -0.05) is 12.1 Å². The molecular weight excluding hydrogens is 338 g/mol. The van der Waals surface area contributed by atoms with Gasteiger partial charge in [-0.05, 0) is 54.6 Å². The summed E-state index contributed by atoms with van der Waals surface area (Å²) in [5.74, 6) is -1.13. The molecule has 1 aliphatic rings. The fraction of sp³-hybridized carbons (Fsp3) is 0.111. The molecule has 0 bridgehead atoms. The van der Waals surface area contributed by atoms with Crippen LogP contribution in [0.5, 0.6) is 0 Å². The van der Waals surface area contributed by atoms with Crippen molar-refractivity contribution in [3.63, 3.8) is 0 Å². The van der Waals surface area contributed by atoms with E-state index in [1.165, 1.54) is 23.9 Å². The molecule has 2 heterocycles. The van der Waals surface area contributed by atoms with E-state index in [0.717, 1.165) is 5.56 Å². The highest BCUT2D eigenvalue weighted by molar-refractivity contribution is 8.18. The Labute approximate surface area is 148 Å². The molecule has 7 heteroatoms. The van der Waals surface area contributed by atoms with Crippen LogP contribution >= 0.6 is 11.8 Å². The normalized spacial score (nSPS) is 17.5. The maximum Gasteiger partial charge on any atom is 0.335 e. The number of nitrogens with zero attached hydrogens (tertiary/aromatic N) is 3. The molecule has 1 aromatic carbocycles. The van der Waals surface area contributed by atoms with Crippen LogP contribution < -0.4 is 0 Å². The average molecular weight is 353 g/mol. The van der Waals surface area contributed by atoms with Crippen LogP contribution in [-0.2, 0) is 4.79 Å². The molecule has 6 nitrogen and oxygen atoms in total. The molecule has 0 spiro atoms. The highest BCUT2D eigenvalue weighted by Gasteiger charge is 2.32. The Bertz CT molecular complexity index is 878. The van der Waals surface area contributed by atoms with Gasteiger partial charge in [-0.25, -0.2) is 9.79 Å². The van der Waals surface area contributed by atoms with Crippen LogP contribution in [0.15, 0.2) is 58.7 Å². The molecule has 0 saturated carbocycles. The molecule has 1 N–H and O–H groups in total. The first kappa shape index (κ1) is 16.9. The Morgan fingerprint density at radius 2 is 2.20 bits per heavy atom. The van der Waals surface area contributed by atoms with Crippen LogP contribution in [0.3, 0.4) is 0 Å². The number of amidine groups is 1. The fourth-order valence-electron chi connectivity index (χ4n) is 2.30. The lowest BCUT2D eigenvalue weighted by Crippen LogP contribution is -2.28. The van der Waals surface area contributed by atoms with Crippen molar-refractivity contribution in [2.75, 3.05) is 6.54 Å². The van der Waals surface area contributed by atoms with Crippen LogP contribution in [0.4, 0.5) is 5.69 Å². The van der Waals surface area contributed by atoms with Crippen LogP contribution in [-0.4, -0.2) is 38.6 Å². The summed E-state index contributed by atoms with van der Waals surface area (Å²) in [4.78, 5) is 34.3. The maximum absolute atomic E-state index is 12.6. The third kappa shape index (κ3) is 3.77. The molecule has 2 aromatic rings. The number of carbonyl (C=O) groups excluding carboxylic acids is 1. The molecule has 25 heavy (non-hydrogen) atoms. The molecule has 126 valence electrons. The second kappa shape index (κ2) is 7.31. The first-order valence-electron chi connectivity index (χ1n) is 7.62. The van der Waals surface area contributed by atoms with Crippen LogP contribution in [0, 0.1) is 0 Å². The van der Waals surface area contributed by atoms with Gasteiger partial charge in [0.05, 0.1) is 16.2 Å². The average Bonchev–Trinajstić information content (AvgIpc) is 2.90. The van der Waals surface area contributed by atoms with E-state index in [1.54, 1.807) is 41.6 Å². The largest absolute Gasteiger partial charge is 0.478 e. The summed E-state index contributed by atoms with van der Waals surface area (Å²) in [5.41, 5.74) is 1.49. The van der Waals surface area contributed by atoms with E-state index < -0.39 is 5.97 Å². The zero-order valence-corrected chi connectivity index (χ0v) is 14.2. The summed E-state index contributed by atoms with van der Waals surface area (Å²) in [7, 11) is 0. The molecule has 0 unspecified atom stereocenters. The highest BCUT2D eigenvalue weighted by Crippen LogP contribution is 2.33. The van der Waals surface area contributed by atoms with E-state index in [9.17, 15) is 9.59 Å². The summed E-state index contributed by atoms with van der Waals surface area (Å²) < 4.78 is 0. The van der Waals surface area contributed by atoms with Crippen molar-refractivity contribution in [1.82, 2.24) is 9.88 Å². The molecule has 3 rings (SSSR count). The maximum atomic E-state index is 12.6. The van der Waals surface area contributed by atoms with Crippen LogP contribution in [0.1, 0.15) is 22.8 Å². The number of aromatic nitrogens is 1. The summed E-state index contributed by atoms with van der Waals surface area (Å²) in [6.45, 7) is 2.35. The molecule has 0 radical (unpaired) electrons. The second-order valence-electron chi connectivity index (χ2n) is 5.20. The third-order valence-electron chi connectivity index (χ3n) is 3.50. The number of likely N-dealkylation sites (N-methyl/N-ethyl adjacent to an activating group) is 1. The summed E-state index contributed by atoms with van der Waals surface area (Å²) in [5, 5.41) is 9.62. The van der Waals surface area contributed by atoms with Crippen LogP contribution in [0.2, 0.25) is 0 Å². The molecule has 1 aromatic heterocycles. The van der Waals surface area contributed by atoms with E-state index in [1.807, 2.05) is 13.0 Å². The Hall–Kier alpha value is -2.93. The third-order valence-corrected chi connectivity index (χ3v) is 4.51. The number of benzene rings is 1. The van der Waals surface area contributed by atoms with E-state index in [0.29, 0.717) is 22.3 Å². The molecule has 1 aliphatic heterocycles. The topological polar surface area (TPSA) is 82.9 Å². The van der Waals surface area contributed by atoms with Crippen molar-refractivity contribution in [3.05, 3.63) is 64.8 Å². The number of carboxylic acids is 1. The van der Waals surface area contributed by atoms with Gasteiger partial charge in [-0.2, -0.15) is 0 Å². The quantitative estimate of drug-likeness (QED) is 0.852. The lowest BCUT2D eigenvalue weighted by Gasteiger charge is -2.12. The lowest BCUT2D eigenvalue weighted by molar-refractivity contribution is -0.122. The molecule has 0 aliphatic carbocycles. The van der Waals surface area contributed by atoms with Gasteiger partial charge in [-0.15, -0.1) is 0 Å². The summed E-state index contributed by atoms with van der Waals surface area (Å²) >= 11 is 1.27. The Morgan fingerprint density at radius 3 is 2.88 bits per heavy atom. The predicted molar refractivity (Wildman–Crippen MR) is 97.7 cm³/mol. The lowest BCUT2D eigenvalue weighted by atomic mass is 10.2. The number of thioether (sulfide) groups is 1. The van der Waals surface area contributed by atoms with Crippen molar-refractivity contribution in [1.29, 1.82) is 0 Å². The van der Waals surface area contributed by atoms with Gasteiger partial charge in [0, 0.05) is 18.9 Å². The minimum atomic E-state index is -1.01. The Balaban J connectivity index is 1.94. The molecule has 1 amide bonds. The number of aliphatic imine (C=N–C) groups is 1. The van der Waals surface area contributed by atoms with Crippen molar-refractivity contribution < 1.29 is 14.7 Å². The fourth-order valence-corrected chi connectivity index (χ4v) is 3.36. The molecular formula is C18H15N3O3S. The number of hydrogen-bond donors (Lipinski definition) is 1. The van der Waals surface area contributed by atoms with Crippen LogP contribution in [0.25, 0.3) is 6.08 Å². The number of carbonyl (C=O) groups is 2. The van der Waals surface area contributed by atoms with E-state index in [4.69, 9.17) is 5.11 Å². The number of rotatable bonds is 4. The molecule has 1 saturated heterocycles. The minimum Gasteiger partial charge on any atom is -0.478 e. The minimum absolute atomic E-state index is 0.121. The van der Waals surface area contributed by atoms with Gasteiger partial charge in [0.25, 0.3) is 5.91 Å². The monoisotopic (exact) mass is 353 g/mol. The smallest absolute Gasteiger partial charge is 0.335 e. The van der Waals surface area contributed by atoms with Crippen molar-refractivity contribution >= 4 is 40.6 Å². The molecule has 0 atom stereocenters. The van der Waals surface area contributed by atoms with Crippen molar-refractivity contribution in [3.8, 4) is 0 Å². The van der Waals surface area contributed by atoms with Crippen molar-refractivity contribution in [2.45, 2.75) is 6.92 Å². The Morgan fingerprint density at radius 1 is 1.36 bits per heavy atom. The van der Waals surface area contributed by atoms with Gasteiger partial charge in [0.15, 0.2) is 5.17 Å². The summed E-state index contributed by atoms with van der Waals surface area (Å²) in [6, 6.07) is 10.0. The summed E-state index contributed by atoms with van der Waals surface area (Å²) in [6.07, 6.45) is 5.13. The Kier molecular flexibility index (Phi) is 4.95. The zero-order chi connectivity index (χ0) is 17.8. The van der Waals surface area contributed by atoms with E-state index >= 15 is 0 Å². The van der Waals surface area contributed by atoms with Gasteiger partial charge in [-0.3, -0.25) is 14.7 Å². The van der Waals surface area contributed by atoms with Gasteiger partial charge >= 0.3 is 5.97 Å². The number of pyridine rings is 1. The van der Waals surface area contributed by atoms with E-state index in [2.05, 4.69) is 9.98 Å². The first-order valence-corrected chi connectivity index (χ1v) is 8.43. The zero-order valence-electron chi connectivity index (χ0n) is 13.4. The number of carboxylic acid groups (broad SMARTS) is 1. The van der Waals surface area contributed by atoms with E-state index in [-0.39, 0.29) is 11.5 Å². The molecule has 1 fully saturated rings. The van der Waals surface area contributed by atoms with Gasteiger partial charge in [0.1, 0.15) is 0 Å². The number of hydrogen-bond acceptors (Lipinski definition) is 5. The van der Waals surface area contributed by atoms with Gasteiger partial charge < -0.3 is 5.11 Å². The number of aromatic carboxylic acids is 1. The SMILES string of the molecule is CCN1C(=O)/C(=C\c2cccnc2)SC1=Nc1cccc(C(=O)O)c1. The highest BCUT2D eigenvalue weighted by atomic mass is 32.2. The number of amides is 1. The second-order valence-corrected chi connectivity index (χ2v) is 6.21.